The molecule has 0 radical (unpaired) electrons. The molecule has 1 rings (SSSR count). The van der Waals surface area contributed by atoms with Gasteiger partial charge in [-0.25, -0.2) is 0 Å². The van der Waals surface area contributed by atoms with Gasteiger partial charge in [-0.15, -0.1) is 0 Å². The fourth-order valence-electron chi connectivity index (χ4n) is 2.09. The van der Waals surface area contributed by atoms with Crippen molar-refractivity contribution >= 4 is 5.96 Å². The molecule has 1 atom stereocenters. The number of rotatable bonds is 8. The first kappa shape index (κ1) is 17.5. The topological polar surface area (TPSA) is 45.6 Å². The van der Waals surface area contributed by atoms with Crippen LogP contribution >= 0.6 is 0 Å². The summed E-state index contributed by atoms with van der Waals surface area (Å²) in [5.74, 6) is 1.30. The van der Waals surface area contributed by atoms with E-state index in [4.69, 9.17) is 4.74 Å². The van der Waals surface area contributed by atoms with E-state index in [0.717, 1.165) is 38.7 Å². The van der Waals surface area contributed by atoms with Crippen molar-refractivity contribution in [2.45, 2.75) is 33.1 Å². The fourth-order valence-corrected chi connectivity index (χ4v) is 2.09. The maximum Gasteiger partial charge on any atom is 0.190 e. The molecule has 0 aliphatic carbocycles. The van der Waals surface area contributed by atoms with Crippen LogP contribution in [0.1, 0.15) is 37.3 Å². The second kappa shape index (κ2) is 10.2. The molecule has 0 saturated carbocycles. The molecule has 0 aliphatic heterocycles. The first-order chi connectivity index (χ1) is 10.2. The molecule has 4 heteroatoms. The SMILES string of the molecule is CCOCCCNC(=NC)NCC(C)c1cccc(C)c1. The summed E-state index contributed by atoms with van der Waals surface area (Å²) in [5.41, 5.74) is 2.66. The van der Waals surface area contributed by atoms with Gasteiger partial charge in [0.1, 0.15) is 0 Å². The van der Waals surface area contributed by atoms with Gasteiger partial charge in [0, 0.05) is 33.4 Å². The zero-order valence-electron chi connectivity index (χ0n) is 13.8. The van der Waals surface area contributed by atoms with E-state index in [1.54, 1.807) is 7.05 Å². The Morgan fingerprint density at radius 1 is 1.33 bits per heavy atom. The number of hydrogen-bond donors (Lipinski definition) is 2. The number of guanidine groups is 1. The minimum Gasteiger partial charge on any atom is -0.382 e. The van der Waals surface area contributed by atoms with Crippen molar-refractivity contribution in [3.63, 3.8) is 0 Å². The number of aryl methyl sites for hydroxylation is 1. The van der Waals surface area contributed by atoms with Crippen molar-refractivity contribution in [3.8, 4) is 0 Å². The maximum atomic E-state index is 5.32. The van der Waals surface area contributed by atoms with Crippen LogP contribution in [0.3, 0.4) is 0 Å². The molecular weight excluding hydrogens is 262 g/mol. The molecule has 118 valence electrons. The van der Waals surface area contributed by atoms with Gasteiger partial charge in [0.05, 0.1) is 0 Å². The van der Waals surface area contributed by atoms with Crippen molar-refractivity contribution in [2.24, 2.45) is 4.99 Å². The summed E-state index contributed by atoms with van der Waals surface area (Å²) in [6.45, 7) is 9.68. The molecule has 0 saturated heterocycles. The predicted molar refractivity (Wildman–Crippen MR) is 90.1 cm³/mol. The zero-order chi connectivity index (χ0) is 15.5. The molecule has 0 heterocycles. The molecule has 21 heavy (non-hydrogen) atoms. The average molecular weight is 291 g/mol. The molecular formula is C17H29N3O. The molecule has 4 nitrogen and oxygen atoms in total. The number of nitrogens with zero attached hydrogens (tertiary/aromatic N) is 1. The van der Waals surface area contributed by atoms with Crippen LogP contribution in [-0.2, 0) is 4.74 Å². The van der Waals surface area contributed by atoms with Crippen LogP contribution < -0.4 is 10.6 Å². The number of aliphatic imine (C=N–C) groups is 1. The average Bonchev–Trinajstić information content (AvgIpc) is 2.49. The number of ether oxygens (including phenoxy) is 1. The summed E-state index contributed by atoms with van der Waals surface area (Å²) in [4.78, 5) is 4.24. The molecule has 0 aliphatic rings. The van der Waals surface area contributed by atoms with Gasteiger partial charge in [-0.05, 0) is 31.7 Å². The Labute approximate surface area is 129 Å². The van der Waals surface area contributed by atoms with E-state index < -0.39 is 0 Å². The summed E-state index contributed by atoms with van der Waals surface area (Å²) < 4.78 is 5.32. The number of hydrogen-bond acceptors (Lipinski definition) is 2. The van der Waals surface area contributed by atoms with Crippen molar-refractivity contribution in [1.82, 2.24) is 10.6 Å². The van der Waals surface area contributed by atoms with Crippen LogP contribution in [0, 0.1) is 6.92 Å². The highest BCUT2D eigenvalue weighted by Gasteiger charge is 2.06. The lowest BCUT2D eigenvalue weighted by atomic mass is 9.99. The third kappa shape index (κ3) is 7.14. The first-order valence-electron chi connectivity index (χ1n) is 7.76. The zero-order valence-corrected chi connectivity index (χ0v) is 13.8. The van der Waals surface area contributed by atoms with Crippen molar-refractivity contribution < 1.29 is 4.74 Å². The highest BCUT2D eigenvalue weighted by atomic mass is 16.5. The van der Waals surface area contributed by atoms with Crippen molar-refractivity contribution in [1.29, 1.82) is 0 Å². The molecule has 2 N–H and O–H groups in total. The monoisotopic (exact) mass is 291 g/mol. The van der Waals surface area contributed by atoms with E-state index in [1.807, 2.05) is 6.92 Å². The highest BCUT2D eigenvalue weighted by Crippen LogP contribution is 2.15. The van der Waals surface area contributed by atoms with Gasteiger partial charge in [-0.2, -0.15) is 0 Å². The standard InChI is InChI=1S/C17H29N3O/c1-5-21-11-7-10-19-17(18-4)20-13-15(3)16-9-6-8-14(2)12-16/h6,8-9,12,15H,5,7,10-11,13H2,1-4H3,(H2,18,19,20). The molecule has 0 spiro atoms. The summed E-state index contributed by atoms with van der Waals surface area (Å²) in [6.07, 6.45) is 0.988. The van der Waals surface area contributed by atoms with Crippen LogP contribution in [0.2, 0.25) is 0 Å². The molecule has 0 amide bonds. The van der Waals surface area contributed by atoms with E-state index in [2.05, 4.69) is 53.7 Å². The second-order valence-electron chi connectivity index (χ2n) is 5.25. The van der Waals surface area contributed by atoms with Crippen LogP contribution in [0.4, 0.5) is 0 Å². The maximum absolute atomic E-state index is 5.32. The third-order valence-electron chi connectivity index (χ3n) is 3.37. The van der Waals surface area contributed by atoms with E-state index in [1.165, 1.54) is 11.1 Å². The van der Waals surface area contributed by atoms with Gasteiger partial charge >= 0.3 is 0 Å². The quantitative estimate of drug-likeness (QED) is 0.440. The Morgan fingerprint density at radius 3 is 2.81 bits per heavy atom. The van der Waals surface area contributed by atoms with Crippen molar-refractivity contribution in [2.75, 3.05) is 33.4 Å². The Bertz CT molecular complexity index is 432. The Hall–Kier alpha value is -1.55. The minimum atomic E-state index is 0.451. The van der Waals surface area contributed by atoms with Crippen molar-refractivity contribution in [3.05, 3.63) is 35.4 Å². The van der Waals surface area contributed by atoms with E-state index >= 15 is 0 Å². The molecule has 0 fully saturated rings. The summed E-state index contributed by atoms with van der Waals surface area (Å²) in [7, 11) is 1.80. The third-order valence-corrected chi connectivity index (χ3v) is 3.37. The molecule has 1 unspecified atom stereocenters. The number of benzene rings is 1. The first-order valence-corrected chi connectivity index (χ1v) is 7.76. The second-order valence-corrected chi connectivity index (χ2v) is 5.25. The van der Waals surface area contributed by atoms with Gasteiger partial charge in [0.2, 0.25) is 0 Å². The van der Waals surface area contributed by atoms with E-state index in [0.29, 0.717) is 5.92 Å². The summed E-state index contributed by atoms with van der Waals surface area (Å²) in [6, 6.07) is 8.66. The lowest BCUT2D eigenvalue weighted by Crippen LogP contribution is -2.39. The molecule has 1 aromatic carbocycles. The van der Waals surface area contributed by atoms with Gasteiger partial charge in [0.25, 0.3) is 0 Å². The molecule has 1 aromatic rings. The predicted octanol–water partition coefficient (Wildman–Crippen LogP) is 2.69. The van der Waals surface area contributed by atoms with Crippen LogP contribution in [-0.4, -0.2) is 39.3 Å². The van der Waals surface area contributed by atoms with E-state index in [9.17, 15) is 0 Å². The summed E-state index contributed by atoms with van der Waals surface area (Å²) in [5, 5.41) is 6.68. The van der Waals surface area contributed by atoms with Crippen LogP contribution in [0.25, 0.3) is 0 Å². The largest absolute Gasteiger partial charge is 0.382 e. The Kier molecular flexibility index (Phi) is 8.51. The minimum absolute atomic E-state index is 0.451. The van der Waals surface area contributed by atoms with Gasteiger partial charge in [-0.3, -0.25) is 4.99 Å². The van der Waals surface area contributed by atoms with Gasteiger partial charge in [0.15, 0.2) is 5.96 Å². The fraction of sp³-hybridized carbons (Fsp3) is 0.588. The number of nitrogens with one attached hydrogen (secondary N) is 2. The van der Waals surface area contributed by atoms with Gasteiger partial charge in [-0.1, -0.05) is 36.8 Å². The van der Waals surface area contributed by atoms with Crippen LogP contribution in [0.15, 0.2) is 29.3 Å². The lowest BCUT2D eigenvalue weighted by molar-refractivity contribution is 0.145. The normalized spacial score (nSPS) is 13.0. The van der Waals surface area contributed by atoms with Gasteiger partial charge < -0.3 is 15.4 Å². The lowest BCUT2D eigenvalue weighted by Gasteiger charge is -2.16. The highest BCUT2D eigenvalue weighted by molar-refractivity contribution is 5.79. The Balaban J connectivity index is 2.31. The molecule has 0 bridgehead atoms. The smallest absolute Gasteiger partial charge is 0.190 e. The Morgan fingerprint density at radius 2 is 2.14 bits per heavy atom. The van der Waals surface area contributed by atoms with E-state index in [-0.39, 0.29) is 0 Å². The van der Waals surface area contributed by atoms with Crippen LogP contribution in [0.5, 0.6) is 0 Å². The molecule has 0 aromatic heterocycles. The summed E-state index contributed by atoms with van der Waals surface area (Å²) >= 11 is 0.